The monoisotopic (exact) mass is 722 g/mol. The van der Waals surface area contributed by atoms with Gasteiger partial charge in [-0.3, -0.25) is 9.80 Å². The van der Waals surface area contributed by atoms with E-state index < -0.39 is 0 Å². The Balaban J connectivity index is 0.976. The minimum absolute atomic E-state index is 0.506. The first kappa shape index (κ1) is 32.9. The largest absolute Gasteiger partial charge is 0.423 e. The van der Waals surface area contributed by atoms with Gasteiger partial charge in [0.25, 0.3) is 0 Å². The number of nitrogens with zero attached hydrogens (tertiary/aromatic N) is 4. The van der Waals surface area contributed by atoms with Crippen LogP contribution in [0.2, 0.25) is 0 Å². The minimum atomic E-state index is 0.506. The standard InChI is InChI=1S/C50H34N4O2/c1-3-11-35(12-4-1)37-19-27-41(28-20-37)53(49-51-45-15-7-9-17-47(45)55-49)43-31-23-39(24-32-43)40-25-33-44(34-26-40)54(50-52-46-16-8-10-18-48(46)56-50)42-29-21-38(22-30-42)36-13-5-2-6-14-36/h1-34H. The van der Waals surface area contributed by atoms with Crippen molar-refractivity contribution in [3.63, 3.8) is 0 Å². The molecule has 56 heavy (non-hydrogen) atoms. The topological polar surface area (TPSA) is 58.5 Å². The van der Waals surface area contributed by atoms with Gasteiger partial charge in [-0.2, -0.15) is 9.97 Å². The van der Waals surface area contributed by atoms with E-state index in [0.717, 1.165) is 67.2 Å². The summed E-state index contributed by atoms with van der Waals surface area (Å²) in [6.45, 7) is 0. The SMILES string of the molecule is c1ccc(-c2ccc(N(c3ccc(-c4ccc(N(c5ccc(-c6ccccc6)cc5)c5nc6ccccc6o5)cc4)cc3)c3nc4ccccc4o3)cc2)cc1. The summed E-state index contributed by atoms with van der Waals surface area (Å²) in [5, 5.41) is 0. The normalized spacial score (nSPS) is 11.2. The molecule has 0 aliphatic carbocycles. The Morgan fingerprint density at radius 1 is 0.268 bits per heavy atom. The van der Waals surface area contributed by atoms with E-state index in [-0.39, 0.29) is 0 Å². The molecule has 6 nitrogen and oxygen atoms in total. The van der Waals surface area contributed by atoms with Crippen molar-refractivity contribution < 1.29 is 8.83 Å². The Morgan fingerprint density at radius 3 is 0.839 bits per heavy atom. The first-order valence-electron chi connectivity index (χ1n) is 18.6. The number of rotatable bonds is 9. The molecule has 8 aromatic carbocycles. The van der Waals surface area contributed by atoms with Crippen LogP contribution in [0.4, 0.5) is 34.8 Å². The Bertz CT molecular complexity index is 2620. The molecule has 0 bridgehead atoms. The molecule has 0 saturated carbocycles. The van der Waals surface area contributed by atoms with E-state index in [4.69, 9.17) is 18.8 Å². The van der Waals surface area contributed by atoms with Crippen LogP contribution in [0.15, 0.2) is 215 Å². The van der Waals surface area contributed by atoms with E-state index in [1.54, 1.807) is 0 Å². The summed E-state index contributed by atoms with van der Waals surface area (Å²) in [6, 6.07) is 71.5. The van der Waals surface area contributed by atoms with Crippen LogP contribution < -0.4 is 9.80 Å². The number of fused-ring (bicyclic) bond motifs is 2. The molecule has 266 valence electrons. The zero-order valence-electron chi connectivity index (χ0n) is 30.2. The van der Waals surface area contributed by atoms with E-state index in [9.17, 15) is 0 Å². The van der Waals surface area contributed by atoms with Gasteiger partial charge in [-0.05, 0) is 106 Å². The maximum atomic E-state index is 6.32. The second-order valence-corrected chi connectivity index (χ2v) is 13.5. The smallest absolute Gasteiger partial charge is 0.307 e. The molecular weight excluding hydrogens is 689 g/mol. The van der Waals surface area contributed by atoms with Crippen LogP contribution in [0.5, 0.6) is 0 Å². The molecule has 0 atom stereocenters. The summed E-state index contributed by atoms with van der Waals surface area (Å²) in [5.74, 6) is 0. The van der Waals surface area contributed by atoms with Crippen molar-refractivity contribution in [3.8, 4) is 33.4 Å². The van der Waals surface area contributed by atoms with Crippen molar-refractivity contribution in [1.29, 1.82) is 0 Å². The first-order chi connectivity index (χ1) is 27.7. The van der Waals surface area contributed by atoms with Crippen LogP contribution in [0, 0.1) is 0 Å². The van der Waals surface area contributed by atoms with Crippen LogP contribution in [0.3, 0.4) is 0 Å². The average molecular weight is 723 g/mol. The van der Waals surface area contributed by atoms with Crippen molar-refractivity contribution in [2.45, 2.75) is 0 Å². The highest BCUT2D eigenvalue weighted by Gasteiger charge is 2.21. The lowest BCUT2D eigenvalue weighted by molar-refractivity contribution is 0.608. The molecule has 2 heterocycles. The molecular formula is C50H34N4O2. The fourth-order valence-corrected chi connectivity index (χ4v) is 7.12. The molecule has 0 saturated heterocycles. The van der Waals surface area contributed by atoms with E-state index in [1.807, 2.05) is 60.7 Å². The summed E-state index contributed by atoms with van der Waals surface area (Å²) in [4.78, 5) is 13.9. The highest BCUT2D eigenvalue weighted by atomic mass is 16.4. The minimum Gasteiger partial charge on any atom is -0.423 e. The van der Waals surface area contributed by atoms with Gasteiger partial charge in [-0.25, -0.2) is 0 Å². The van der Waals surface area contributed by atoms with Crippen LogP contribution in [0.25, 0.3) is 55.6 Å². The Labute approximate surface area is 324 Å². The summed E-state index contributed by atoms with van der Waals surface area (Å²) >= 11 is 0. The number of anilines is 6. The number of benzene rings is 8. The second-order valence-electron chi connectivity index (χ2n) is 13.5. The van der Waals surface area contributed by atoms with Gasteiger partial charge in [0.2, 0.25) is 0 Å². The Hall–Kier alpha value is -7.70. The Kier molecular flexibility index (Phi) is 8.39. The van der Waals surface area contributed by atoms with E-state index in [0.29, 0.717) is 12.0 Å². The molecule has 0 N–H and O–H groups in total. The molecule has 0 aliphatic heterocycles. The van der Waals surface area contributed by atoms with Gasteiger partial charge in [0, 0.05) is 0 Å². The van der Waals surface area contributed by atoms with E-state index >= 15 is 0 Å². The predicted octanol–water partition coefficient (Wildman–Crippen LogP) is 13.9. The van der Waals surface area contributed by atoms with Crippen LogP contribution in [-0.2, 0) is 0 Å². The van der Waals surface area contributed by atoms with Gasteiger partial charge in [0.1, 0.15) is 11.0 Å². The average Bonchev–Trinajstić information content (AvgIpc) is 3.90. The molecule has 0 amide bonds. The van der Waals surface area contributed by atoms with Gasteiger partial charge in [-0.1, -0.05) is 133 Å². The number of aromatic nitrogens is 2. The van der Waals surface area contributed by atoms with Gasteiger partial charge >= 0.3 is 12.0 Å². The maximum Gasteiger partial charge on any atom is 0.307 e. The number of hydrogen-bond donors (Lipinski definition) is 0. The molecule has 0 unspecified atom stereocenters. The van der Waals surface area contributed by atoms with Gasteiger partial charge in [0.05, 0.1) is 22.7 Å². The fourth-order valence-electron chi connectivity index (χ4n) is 7.12. The highest BCUT2D eigenvalue weighted by molar-refractivity contribution is 5.83. The van der Waals surface area contributed by atoms with Crippen molar-refractivity contribution in [2.24, 2.45) is 0 Å². The predicted molar refractivity (Wildman–Crippen MR) is 227 cm³/mol. The molecule has 0 fully saturated rings. The van der Waals surface area contributed by atoms with Crippen molar-refractivity contribution in [3.05, 3.63) is 206 Å². The number of hydrogen-bond acceptors (Lipinski definition) is 6. The van der Waals surface area contributed by atoms with Gasteiger partial charge in [0.15, 0.2) is 11.2 Å². The number of oxazole rings is 2. The molecule has 6 heteroatoms. The second kappa shape index (κ2) is 14.3. The third kappa shape index (κ3) is 6.35. The fraction of sp³-hybridized carbons (Fsp3) is 0. The molecule has 2 aromatic heterocycles. The first-order valence-corrected chi connectivity index (χ1v) is 18.6. The molecule has 0 aliphatic rings. The third-order valence-electron chi connectivity index (χ3n) is 10.00. The van der Waals surface area contributed by atoms with Crippen LogP contribution >= 0.6 is 0 Å². The highest BCUT2D eigenvalue weighted by Crippen LogP contribution is 2.40. The van der Waals surface area contributed by atoms with E-state index in [2.05, 4.69) is 155 Å². The molecule has 10 aromatic rings. The molecule has 10 rings (SSSR count). The lowest BCUT2D eigenvalue weighted by atomic mass is 10.0. The molecule has 0 spiro atoms. The number of para-hydroxylation sites is 4. The summed E-state index contributed by atoms with van der Waals surface area (Å²) in [7, 11) is 0. The van der Waals surface area contributed by atoms with E-state index in [1.165, 1.54) is 11.1 Å². The molecule has 0 radical (unpaired) electrons. The maximum absolute atomic E-state index is 6.32. The van der Waals surface area contributed by atoms with Crippen molar-refractivity contribution >= 4 is 57.0 Å². The summed E-state index contributed by atoms with van der Waals surface area (Å²) < 4.78 is 12.6. The quantitative estimate of drug-likeness (QED) is 0.148. The zero-order chi connectivity index (χ0) is 37.3. The summed E-state index contributed by atoms with van der Waals surface area (Å²) in [6.07, 6.45) is 0. The zero-order valence-corrected chi connectivity index (χ0v) is 30.2. The van der Waals surface area contributed by atoms with Gasteiger partial charge < -0.3 is 8.83 Å². The van der Waals surface area contributed by atoms with Crippen LogP contribution in [-0.4, -0.2) is 9.97 Å². The van der Waals surface area contributed by atoms with Gasteiger partial charge in [-0.15, -0.1) is 0 Å². The van der Waals surface area contributed by atoms with Crippen molar-refractivity contribution in [2.75, 3.05) is 9.80 Å². The third-order valence-corrected chi connectivity index (χ3v) is 10.00. The van der Waals surface area contributed by atoms with Crippen molar-refractivity contribution in [1.82, 2.24) is 9.97 Å². The lowest BCUT2D eigenvalue weighted by Gasteiger charge is -2.22. The van der Waals surface area contributed by atoms with Crippen LogP contribution in [0.1, 0.15) is 0 Å². The lowest BCUT2D eigenvalue weighted by Crippen LogP contribution is -2.10. The Morgan fingerprint density at radius 2 is 0.536 bits per heavy atom. The summed E-state index contributed by atoms with van der Waals surface area (Å²) in [5.41, 5.74) is 13.7.